The van der Waals surface area contributed by atoms with Crippen LogP contribution in [0, 0.1) is 0 Å². The minimum Gasteiger partial charge on any atom is -0.351 e. The van der Waals surface area contributed by atoms with Crippen LogP contribution in [0.25, 0.3) is 10.9 Å². The van der Waals surface area contributed by atoms with Crippen LogP contribution in [-0.4, -0.2) is 47.1 Å². The molecule has 4 rings (SSSR count). The van der Waals surface area contributed by atoms with E-state index in [-0.39, 0.29) is 16.9 Å². The van der Waals surface area contributed by atoms with Crippen molar-refractivity contribution in [3.63, 3.8) is 0 Å². The Labute approximate surface area is 164 Å². The molecule has 2 aromatic rings. The van der Waals surface area contributed by atoms with Gasteiger partial charge in [-0.3, -0.25) is 0 Å². The summed E-state index contributed by atoms with van der Waals surface area (Å²) >= 11 is 3.30. The highest BCUT2D eigenvalue weighted by molar-refractivity contribution is 9.10. The number of hydrogen-bond acceptors (Lipinski definition) is 5. The summed E-state index contributed by atoms with van der Waals surface area (Å²) in [5, 5.41) is 3.60. The molecular formula is C17H19BrF2N4O2S. The van der Waals surface area contributed by atoms with E-state index in [1.807, 2.05) is 0 Å². The van der Waals surface area contributed by atoms with E-state index >= 15 is 0 Å². The smallest absolute Gasteiger partial charge is 0.263 e. The van der Waals surface area contributed by atoms with Gasteiger partial charge >= 0.3 is 0 Å². The topological polar surface area (TPSA) is 75.2 Å². The lowest BCUT2D eigenvalue weighted by molar-refractivity contribution is 0.151. The van der Waals surface area contributed by atoms with Gasteiger partial charge in [-0.2, -0.15) is 0 Å². The molecule has 0 bridgehead atoms. The van der Waals surface area contributed by atoms with E-state index in [9.17, 15) is 17.2 Å². The molecule has 1 saturated heterocycles. The van der Waals surface area contributed by atoms with Crippen molar-refractivity contribution < 1.29 is 17.2 Å². The molecule has 146 valence electrons. The van der Waals surface area contributed by atoms with E-state index < -0.39 is 16.4 Å². The molecule has 0 unspecified atom stereocenters. The average Bonchev–Trinajstić information content (AvgIpc) is 3.48. The number of alkyl halides is 2. The second kappa shape index (κ2) is 7.21. The number of anilines is 1. The van der Waals surface area contributed by atoms with Gasteiger partial charge < -0.3 is 5.32 Å². The second-order valence-electron chi connectivity index (χ2n) is 7.00. The Balaban J connectivity index is 1.45. The lowest BCUT2D eigenvalue weighted by Crippen LogP contribution is -2.43. The molecule has 0 atom stereocenters. The first-order valence-corrected chi connectivity index (χ1v) is 11.1. The number of aromatic nitrogens is 2. The fourth-order valence-corrected chi connectivity index (χ4v) is 5.79. The zero-order valence-electron chi connectivity index (χ0n) is 14.4. The Morgan fingerprint density at radius 2 is 1.89 bits per heavy atom. The van der Waals surface area contributed by atoms with E-state index in [2.05, 4.69) is 31.2 Å². The fraction of sp³-hybridized carbons (Fsp3) is 0.529. The van der Waals surface area contributed by atoms with Crippen LogP contribution in [-0.2, 0) is 10.0 Å². The number of fused-ring (bicyclic) bond motifs is 1. The number of nitrogens with one attached hydrogen (secondary N) is 1. The Kier molecular flexibility index (Phi) is 5.06. The molecule has 27 heavy (non-hydrogen) atoms. The first-order valence-electron chi connectivity index (χ1n) is 8.84. The molecular weight excluding hydrogens is 442 g/mol. The number of hydrogen-bond donors (Lipinski definition) is 1. The summed E-state index contributed by atoms with van der Waals surface area (Å²) in [5.41, 5.74) is 0.480. The van der Waals surface area contributed by atoms with Crippen molar-refractivity contribution >= 4 is 42.8 Å². The molecule has 2 fully saturated rings. The van der Waals surface area contributed by atoms with Gasteiger partial charge in [0, 0.05) is 40.8 Å². The summed E-state index contributed by atoms with van der Waals surface area (Å²) < 4.78 is 52.5. The second-order valence-corrected chi connectivity index (χ2v) is 10.1. The first-order chi connectivity index (χ1) is 12.8. The largest absolute Gasteiger partial charge is 0.351 e. The number of sulfonamides is 1. The van der Waals surface area contributed by atoms with Gasteiger partial charge in [-0.15, -0.1) is 0 Å². The normalized spacial score (nSPS) is 19.7. The van der Waals surface area contributed by atoms with E-state index in [1.54, 1.807) is 4.31 Å². The molecule has 0 spiro atoms. The number of piperidine rings is 1. The third-order valence-electron chi connectivity index (χ3n) is 5.00. The zero-order chi connectivity index (χ0) is 19.2. The van der Waals surface area contributed by atoms with E-state index in [0.717, 1.165) is 12.8 Å². The molecule has 10 heteroatoms. The number of rotatable bonds is 5. The molecule has 1 aromatic carbocycles. The predicted molar refractivity (Wildman–Crippen MR) is 102 cm³/mol. The SMILES string of the molecule is O=S(=O)(C1CC1)N1CCC(Nc2ncc3cc(C(F)F)cc(Br)c3n2)CC1. The van der Waals surface area contributed by atoms with Gasteiger partial charge in [0.2, 0.25) is 16.0 Å². The molecule has 0 amide bonds. The first kappa shape index (κ1) is 18.9. The summed E-state index contributed by atoms with van der Waals surface area (Å²) in [7, 11) is -3.12. The van der Waals surface area contributed by atoms with Crippen LogP contribution in [0.4, 0.5) is 14.7 Å². The predicted octanol–water partition coefficient (Wildman–Crippen LogP) is 3.70. The van der Waals surface area contributed by atoms with Crippen molar-refractivity contribution in [2.75, 3.05) is 18.4 Å². The highest BCUT2D eigenvalue weighted by Crippen LogP contribution is 2.33. The number of nitrogens with zero attached hydrogens (tertiary/aromatic N) is 3. The van der Waals surface area contributed by atoms with Gasteiger partial charge in [-0.25, -0.2) is 31.5 Å². The van der Waals surface area contributed by atoms with Gasteiger partial charge in [-0.05, 0) is 53.7 Å². The van der Waals surface area contributed by atoms with Crippen LogP contribution in [0.15, 0.2) is 22.8 Å². The number of benzene rings is 1. The maximum Gasteiger partial charge on any atom is 0.263 e. The minimum atomic E-state index is -3.12. The van der Waals surface area contributed by atoms with Crippen molar-refractivity contribution in [3.8, 4) is 0 Å². The quantitative estimate of drug-likeness (QED) is 0.735. The lowest BCUT2D eigenvalue weighted by Gasteiger charge is -2.31. The van der Waals surface area contributed by atoms with Crippen molar-refractivity contribution in [1.82, 2.24) is 14.3 Å². The summed E-state index contributed by atoms with van der Waals surface area (Å²) in [5.74, 6) is 0.413. The maximum atomic E-state index is 12.9. The van der Waals surface area contributed by atoms with Crippen LogP contribution in [0.5, 0.6) is 0 Å². The van der Waals surface area contributed by atoms with Crippen LogP contribution in [0.3, 0.4) is 0 Å². The highest BCUT2D eigenvalue weighted by atomic mass is 79.9. The Morgan fingerprint density at radius 1 is 1.19 bits per heavy atom. The van der Waals surface area contributed by atoms with Gasteiger partial charge in [0.25, 0.3) is 6.43 Å². The summed E-state index contributed by atoms with van der Waals surface area (Å²) in [6.07, 6.45) is 1.87. The maximum absolute atomic E-state index is 12.9. The average molecular weight is 461 g/mol. The van der Waals surface area contributed by atoms with Gasteiger partial charge in [0.1, 0.15) is 0 Å². The summed E-state index contributed by atoms with van der Waals surface area (Å²) in [4.78, 5) is 8.66. The van der Waals surface area contributed by atoms with Crippen molar-refractivity contribution in [3.05, 3.63) is 28.4 Å². The lowest BCUT2D eigenvalue weighted by atomic mass is 10.1. The van der Waals surface area contributed by atoms with Crippen LogP contribution in [0.2, 0.25) is 0 Å². The Hall–Kier alpha value is -1.39. The van der Waals surface area contributed by atoms with Crippen LogP contribution >= 0.6 is 15.9 Å². The van der Waals surface area contributed by atoms with Crippen LogP contribution < -0.4 is 5.32 Å². The molecule has 2 heterocycles. The van der Waals surface area contributed by atoms with Crippen molar-refractivity contribution in [2.24, 2.45) is 0 Å². The zero-order valence-corrected chi connectivity index (χ0v) is 16.8. The molecule has 0 radical (unpaired) electrons. The molecule has 6 nitrogen and oxygen atoms in total. The van der Waals surface area contributed by atoms with Gasteiger partial charge in [0.05, 0.1) is 10.8 Å². The third-order valence-corrected chi connectivity index (χ3v) is 8.01. The van der Waals surface area contributed by atoms with E-state index in [1.165, 1.54) is 18.3 Å². The van der Waals surface area contributed by atoms with Gasteiger partial charge in [0.15, 0.2) is 0 Å². The summed E-state index contributed by atoms with van der Waals surface area (Å²) in [6.45, 7) is 0.983. The van der Waals surface area contributed by atoms with Crippen molar-refractivity contribution in [1.29, 1.82) is 0 Å². The molecule has 1 aliphatic carbocycles. The Bertz CT molecular complexity index is 961. The molecule has 1 aromatic heterocycles. The van der Waals surface area contributed by atoms with Crippen molar-refractivity contribution in [2.45, 2.75) is 43.4 Å². The molecule has 1 saturated carbocycles. The highest BCUT2D eigenvalue weighted by Gasteiger charge is 2.41. The molecule has 1 aliphatic heterocycles. The van der Waals surface area contributed by atoms with E-state index in [4.69, 9.17) is 0 Å². The van der Waals surface area contributed by atoms with Crippen LogP contribution in [0.1, 0.15) is 37.7 Å². The standard InChI is InChI=1S/C17H19BrF2N4O2S/c18-14-8-10(16(19)20)7-11-9-21-17(23-15(11)14)22-12-3-5-24(6-4-12)27(25,26)13-1-2-13/h7-9,12-13,16H,1-6H2,(H,21,22,23). The monoisotopic (exact) mass is 460 g/mol. The number of halogens is 3. The van der Waals surface area contributed by atoms with E-state index in [0.29, 0.717) is 47.3 Å². The van der Waals surface area contributed by atoms with Gasteiger partial charge in [-0.1, -0.05) is 0 Å². The minimum absolute atomic E-state index is 0.0761. The third kappa shape index (κ3) is 3.93. The fourth-order valence-electron chi connectivity index (χ4n) is 3.33. The Morgan fingerprint density at radius 3 is 2.52 bits per heavy atom. The molecule has 2 aliphatic rings. The summed E-state index contributed by atoms with van der Waals surface area (Å²) in [6, 6.07) is 2.83. The molecule has 1 N–H and O–H groups in total.